The van der Waals surface area contributed by atoms with E-state index in [1.807, 2.05) is 0 Å². The van der Waals surface area contributed by atoms with Crippen LogP contribution in [0.5, 0.6) is 0 Å². The molecule has 94 valence electrons. The standard InChI is InChI=1S/C10H14ClN3O2S/c1-17(15,16)14-5-3-2-4-9(14)8-6-12-7-10(11)13-8/h6-7,9H,2-5H2,1H3. The van der Waals surface area contributed by atoms with Crippen LogP contribution in [-0.4, -0.2) is 35.5 Å². The van der Waals surface area contributed by atoms with Crippen molar-refractivity contribution >= 4 is 21.6 Å². The zero-order chi connectivity index (χ0) is 12.5. The number of halogens is 1. The average molecular weight is 276 g/mol. The van der Waals surface area contributed by atoms with Gasteiger partial charge in [-0.15, -0.1) is 0 Å². The Morgan fingerprint density at radius 3 is 2.82 bits per heavy atom. The molecule has 7 heteroatoms. The molecule has 0 N–H and O–H groups in total. The number of rotatable bonds is 2. The Balaban J connectivity index is 2.34. The maximum absolute atomic E-state index is 11.7. The molecule has 0 spiro atoms. The molecule has 1 aromatic heterocycles. The van der Waals surface area contributed by atoms with Crippen molar-refractivity contribution in [2.24, 2.45) is 0 Å². The highest BCUT2D eigenvalue weighted by Gasteiger charge is 2.31. The summed E-state index contributed by atoms with van der Waals surface area (Å²) in [6.07, 6.45) is 6.90. The highest BCUT2D eigenvalue weighted by Crippen LogP contribution is 2.31. The molecule has 1 fully saturated rings. The van der Waals surface area contributed by atoms with Crippen LogP contribution in [-0.2, 0) is 10.0 Å². The van der Waals surface area contributed by atoms with E-state index in [0.29, 0.717) is 17.4 Å². The fourth-order valence-electron chi connectivity index (χ4n) is 2.11. The van der Waals surface area contributed by atoms with Gasteiger partial charge in [0, 0.05) is 6.54 Å². The summed E-state index contributed by atoms with van der Waals surface area (Å²) in [5, 5.41) is 0.293. The third-order valence-corrected chi connectivity index (χ3v) is 4.32. The smallest absolute Gasteiger partial charge is 0.211 e. The molecule has 1 unspecified atom stereocenters. The van der Waals surface area contributed by atoms with Crippen LogP contribution in [0.1, 0.15) is 31.0 Å². The van der Waals surface area contributed by atoms with Crippen molar-refractivity contribution in [2.45, 2.75) is 25.3 Å². The number of nitrogens with zero attached hydrogens (tertiary/aromatic N) is 3. The van der Waals surface area contributed by atoms with Crippen molar-refractivity contribution in [2.75, 3.05) is 12.8 Å². The van der Waals surface area contributed by atoms with E-state index in [1.54, 1.807) is 6.20 Å². The highest BCUT2D eigenvalue weighted by atomic mass is 35.5. The summed E-state index contributed by atoms with van der Waals surface area (Å²) in [5.74, 6) is 0. The Bertz CT molecular complexity index is 506. The zero-order valence-electron chi connectivity index (χ0n) is 9.50. The van der Waals surface area contributed by atoms with E-state index in [0.717, 1.165) is 19.3 Å². The van der Waals surface area contributed by atoms with Gasteiger partial charge in [0.05, 0.1) is 30.4 Å². The SMILES string of the molecule is CS(=O)(=O)N1CCCCC1c1cncc(Cl)n1. The molecular weight excluding hydrogens is 262 g/mol. The first-order valence-electron chi connectivity index (χ1n) is 5.43. The Kier molecular flexibility index (Phi) is 3.65. The van der Waals surface area contributed by atoms with Gasteiger partial charge in [-0.3, -0.25) is 4.98 Å². The van der Waals surface area contributed by atoms with Crippen LogP contribution in [0.15, 0.2) is 12.4 Å². The van der Waals surface area contributed by atoms with Gasteiger partial charge >= 0.3 is 0 Å². The minimum atomic E-state index is -3.21. The van der Waals surface area contributed by atoms with Crippen molar-refractivity contribution in [3.63, 3.8) is 0 Å². The van der Waals surface area contributed by atoms with Crippen LogP contribution >= 0.6 is 11.6 Å². The number of sulfonamides is 1. The monoisotopic (exact) mass is 275 g/mol. The van der Waals surface area contributed by atoms with Crippen molar-refractivity contribution < 1.29 is 8.42 Å². The van der Waals surface area contributed by atoms with Crippen molar-refractivity contribution in [1.82, 2.24) is 14.3 Å². The summed E-state index contributed by atoms with van der Waals surface area (Å²) in [4.78, 5) is 8.12. The molecule has 0 saturated carbocycles. The van der Waals surface area contributed by atoms with Crippen LogP contribution in [0.4, 0.5) is 0 Å². The van der Waals surface area contributed by atoms with Crippen LogP contribution in [0.2, 0.25) is 5.15 Å². The molecule has 1 saturated heterocycles. The third-order valence-electron chi connectivity index (χ3n) is 2.84. The molecule has 2 heterocycles. The summed E-state index contributed by atoms with van der Waals surface area (Å²) < 4.78 is 24.9. The van der Waals surface area contributed by atoms with Gasteiger partial charge in [0.15, 0.2) is 0 Å². The Hall–Kier alpha value is -0.720. The van der Waals surface area contributed by atoms with E-state index < -0.39 is 10.0 Å². The molecule has 1 aliphatic heterocycles. The Morgan fingerprint density at radius 2 is 2.18 bits per heavy atom. The van der Waals surface area contributed by atoms with Crippen LogP contribution < -0.4 is 0 Å². The van der Waals surface area contributed by atoms with E-state index in [4.69, 9.17) is 11.6 Å². The third kappa shape index (κ3) is 2.94. The number of hydrogen-bond acceptors (Lipinski definition) is 4. The summed E-state index contributed by atoms with van der Waals surface area (Å²) in [6, 6.07) is -0.232. The van der Waals surface area contributed by atoms with Gasteiger partial charge < -0.3 is 0 Å². The normalized spacial score (nSPS) is 22.6. The lowest BCUT2D eigenvalue weighted by atomic mass is 10.0. The van der Waals surface area contributed by atoms with E-state index in [9.17, 15) is 8.42 Å². The first-order chi connectivity index (χ1) is 7.98. The first kappa shape index (κ1) is 12.7. The lowest BCUT2D eigenvalue weighted by Crippen LogP contribution is -2.38. The highest BCUT2D eigenvalue weighted by molar-refractivity contribution is 7.88. The average Bonchev–Trinajstić information content (AvgIpc) is 2.28. The van der Waals surface area contributed by atoms with E-state index >= 15 is 0 Å². The minimum absolute atomic E-state index is 0.232. The van der Waals surface area contributed by atoms with Gasteiger partial charge in [-0.05, 0) is 12.8 Å². The lowest BCUT2D eigenvalue weighted by Gasteiger charge is -2.32. The predicted molar refractivity (Wildman–Crippen MR) is 65.2 cm³/mol. The largest absolute Gasteiger partial charge is 0.260 e. The number of hydrogen-bond donors (Lipinski definition) is 0. The van der Waals surface area contributed by atoms with Gasteiger partial charge in [-0.2, -0.15) is 4.31 Å². The zero-order valence-corrected chi connectivity index (χ0v) is 11.1. The molecule has 0 amide bonds. The van der Waals surface area contributed by atoms with Gasteiger partial charge in [0.1, 0.15) is 5.15 Å². The lowest BCUT2D eigenvalue weighted by molar-refractivity contribution is 0.252. The number of piperidine rings is 1. The summed E-state index contributed by atoms with van der Waals surface area (Å²) in [6.45, 7) is 0.539. The molecule has 1 aromatic rings. The van der Waals surface area contributed by atoms with Crippen molar-refractivity contribution in [3.8, 4) is 0 Å². The molecule has 0 bridgehead atoms. The maximum atomic E-state index is 11.7. The summed E-state index contributed by atoms with van der Waals surface area (Å²) in [5.41, 5.74) is 0.627. The summed E-state index contributed by atoms with van der Waals surface area (Å²) >= 11 is 5.78. The molecule has 17 heavy (non-hydrogen) atoms. The minimum Gasteiger partial charge on any atom is -0.260 e. The second-order valence-corrected chi connectivity index (χ2v) is 6.47. The molecule has 5 nitrogen and oxygen atoms in total. The molecule has 2 rings (SSSR count). The first-order valence-corrected chi connectivity index (χ1v) is 7.65. The van der Waals surface area contributed by atoms with Gasteiger partial charge in [-0.25, -0.2) is 13.4 Å². The van der Waals surface area contributed by atoms with Gasteiger partial charge in [-0.1, -0.05) is 18.0 Å². The fraction of sp³-hybridized carbons (Fsp3) is 0.600. The second kappa shape index (κ2) is 4.88. The topological polar surface area (TPSA) is 63.2 Å². The summed E-state index contributed by atoms with van der Waals surface area (Å²) in [7, 11) is -3.21. The van der Waals surface area contributed by atoms with Crippen LogP contribution in [0, 0.1) is 0 Å². The van der Waals surface area contributed by atoms with E-state index in [2.05, 4.69) is 9.97 Å². The fourth-order valence-corrected chi connectivity index (χ4v) is 3.40. The van der Waals surface area contributed by atoms with Crippen LogP contribution in [0.3, 0.4) is 0 Å². The Morgan fingerprint density at radius 1 is 1.41 bits per heavy atom. The predicted octanol–water partition coefficient (Wildman–Crippen LogP) is 1.62. The molecule has 1 aliphatic rings. The molecule has 0 aromatic carbocycles. The molecule has 1 atom stereocenters. The molecule has 0 radical (unpaired) electrons. The van der Waals surface area contributed by atoms with Crippen molar-refractivity contribution in [3.05, 3.63) is 23.2 Å². The van der Waals surface area contributed by atoms with Crippen molar-refractivity contribution in [1.29, 1.82) is 0 Å². The second-order valence-electron chi connectivity index (χ2n) is 4.15. The van der Waals surface area contributed by atoms with Gasteiger partial charge in [0.25, 0.3) is 0 Å². The number of aromatic nitrogens is 2. The van der Waals surface area contributed by atoms with E-state index in [-0.39, 0.29) is 6.04 Å². The quantitative estimate of drug-likeness (QED) is 0.823. The molecular formula is C10H14ClN3O2S. The Labute approximate surface area is 106 Å². The molecule has 0 aliphatic carbocycles. The maximum Gasteiger partial charge on any atom is 0.211 e. The van der Waals surface area contributed by atoms with E-state index in [1.165, 1.54) is 16.8 Å². The van der Waals surface area contributed by atoms with Gasteiger partial charge in [0.2, 0.25) is 10.0 Å². The van der Waals surface area contributed by atoms with Crippen LogP contribution in [0.25, 0.3) is 0 Å².